The van der Waals surface area contributed by atoms with E-state index in [0.717, 1.165) is 13.2 Å². The van der Waals surface area contributed by atoms with Gasteiger partial charge in [0, 0.05) is 12.6 Å². The van der Waals surface area contributed by atoms with Crippen molar-refractivity contribution in [2.45, 2.75) is 18.6 Å². The molecule has 2 fully saturated rings. The molecule has 1 unspecified atom stereocenters. The predicted octanol–water partition coefficient (Wildman–Crippen LogP) is -0.253. The van der Waals surface area contributed by atoms with E-state index in [1.54, 1.807) is 0 Å². The second kappa shape index (κ2) is 1.20. The van der Waals surface area contributed by atoms with Gasteiger partial charge < -0.3 is 10.1 Å². The van der Waals surface area contributed by atoms with Gasteiger partial charge in [0.1, 0.15) is 0 Å². The van der Waals surface area contributed by atoms with Crippen LogP contribution < -0.4 is 5.32 Å². The van der Waals surface area contributed by atoms with Crippen LogP contribution in [-0.4, -0.2) is 25.3 Å². The maximum Gasteiger partial charge on any atom is 0.0716 e. The van der Waals surface area contributed by atoms with Gasteiger partial charge in [0.05, 0.1) is 12.7 Å². The lowest BCUT2D eigenvalue weighted by Gasteiger charge is -2.09. The van der Waals surface area contributed by atoms with Crippen molar-refractivity contribution >= 4 is 0 Å². The summed E-state index contributed by atoms with van der Waals surface area (Å²) < 4.78 is 5.29. The molecule has 2 bridgehead atoms. The van der Waals surface area contributed by atoms with Gasteiger partial charge >= 0.3 is 0 Å². The highest BCUT2D eigenvalue weighted by Gasteiger charge is 2.31. The summed E-state index contributed by atoms with van der Waals surface area (Å²) in [5.41, 5.74) is 0. The van der Waals surface area contributed by atoms with Crippen molar-refractivity contribution in [3.05, 3.63) is 0 Å². The molecule has 0 spiro atoms. The third-order valence-electron chi connectivity index (χ3n) is 1.71. The first kappa shape index (κ1) is 3.87. The van der Waals surface area contributed by atoms with E-state index in [9.17, 15) is 0 Å². The van der Waals surface area contributed by atoms with E-state index in [0.29, 0.717) is 12.1 Å². The van der Waals surface area contributed by atoms with E-state index < -0.39 is 0 Å². The van der Waals surface area contributed by atoms with E-state index >= 15 is 0 Å². The molecule has 2 atom stereocenters. The highest BCUT2D eigenvalue weighted by atomic mass is 16.5. The van der Waals surface area contributed by atoms with Crippen molar-refractivity contribution in [1.82, 2.24) is 5.32 Å². The Labute approximate surface area is 42.9 Å². The molecule has 2 aliphatic rings. The third-order valence-corrected chi connectivity index (χ3v) is 1.71. The fourth-order valence-corrected chi connectivity index (χ4v) is 1.29. The van der Waals surface area contributed by atoms with Crippen LogP contribution in [0.25, 0.3) is 0 Å². The molecule has 40 valence electrons. The van der Waals surface area contributed by atoms with E-state index in [1.165, 1.54) is 6.42 Å². The number of ether oxygens (including phenoxy) is 1. The molecule has 0 aromatic rings. The molecular weight excluding hydrogens is 90.1 g/mol. The highest BCUT2D eigenvalue weighted by molar-refractivity contribution is 4.87. The van der Waals surface area contributed by atoms with Gasteiger partial charge in [0.25, 0.3) is 0 Å². The second-order valence-corrected chi connectivity index (χ2v) is 2.30. The van der Waals surface area contributed by atoms with Crippen LogP contribution in [0.4, 0.5) is 0 Å². The van der Waals surface area contributed by atoms with Crippen LogP contribution in [0.5, 0.6) is 0 Å². The number of hydrogen-bond donors (Lipinski definition) is 1. The summed E-state index contributed by atoms with van der Waals surface area (Å²) in [5, 5.41) is 3.33. The Balaban J connectivity index is 2.12. The molecular formula is C5H9NO. The van der Waals surface area contributed by atoms with Crippen LogP contribution in [0.3, 0.4) is 0 Å². The lowest BCUT2D eigenvalue weighted by Crippen LogP contribution is -2.30. The Kier molecular flexibility index (Phi) is 0.664. The molecule has 2 heterocycles. The Hall–Kier alpha value is -0.0800. The van der Waals surface area contributed by atoms with Crippen LogP contribution in [0.1, 0.15) is 6.42 Å². The van der Waals surface area contributed by atoms with E-state index in [2.05, 4.69) is 5.32 Å². The minimum Gasteiger partial charge on any atom is -0.375 e. The first-order valence-corrected chi connectivity index (χ1v) is 2.80. The zero-order valence-electron chi connectivity index (χ0n) is 4.18. The molecule has 2 nitrogen and oxygen atoms in total. The van der Waals surface area contributed by atoms with Gasteiger partial charge in [-0.05, 0) is 6.42 Å². The lowest BCUT2D eigenvalue weighted by molar-refractivity contribution is 0.0892. The Bertz CT molecular complexity index is 66.1. The Morgan fingerprint density at radius 1 is 1.57 bits per heavy atom. The average molecular weight is 99.1 g/mol. The summed E-state index contributed by atoms with van der Waals surface area (Å²) in [5.74, 6) is 0. The standard InChI is InChI=1S/C5H9NO/c1-4-3-7-5(1)2-6-4/h4-6H,1-3H2/t4?,5-/m1/s1. The number of morpholine rings is 1. The quantitative estimate of drug-likeness (QED) is 0.452. The summed E-state index contributed by atoms with van der Waals surface area (Å²) in [6.45, 7) is 2.04. The van der Waals surface area contributed by atoms with Gasteiger partial charge in [-0.15, -0.1) is 0 Å². The number of fused-ring (bicyclic) bond motifs is 2. The monoisotopic (exact) mass is 99.1 g/mol. The SMILES string of the molecule is C1O[C@H]2CNC1C2. The van der Waals surface area contributed by atoms with Gasteiger partial charge in [-0.1, -0.05) is 0 Å². The zero-order valence-corrected chi connectivity index (χ0v) is 4.18. The van der Waals surface area contributed by atoms with Gasteiger partial charge in [-0.2, -0.15) is 0 Å². The van der Waals surface area contributed by atoms with E-state index in [4.69, 9.17) is 4.74 Å². The fourth-order valence-electron chi connectivity index (χ4n) is 1.29. The maximum atomic E-state index is 5.29. The van der Waals surface area contributed by atoms with Crippen molar-refractivity contribution in [2.24, 2.45) is 0 Å². The summed E-state index contributed by atoms with van der Waals surface area (Å²) >= 11 is 0. The maximum absolute atomic E-state index is 5.29. The van der Waals surface area contributed by atoms with Crippen LogP contribution >= 0.6 is 0 Å². The lowest BCUT2D eigenvalue weighted by atomic mass is 10.3. The molecule has 0 radical (unpaired) electrons. The highest BCUT2D eigenvalue weighted by Crippen LogP contribution is 2.17. The predicted molar refractivity (Wildman–Crippen MR) is 26.1 cm³/mol. The van der Waals surface area contributed by atoms with Gasteiger partial charge in [-0.25, -0.2) is 0 Å². The minimum absolute atomic E-state index is 0.560. The minimum atomic E-state index is 0.560. The summed E-state index contributed by atoms with van der Waals surface area (Å²) in [7, 11) is 0. The average Bonchev–Trinajstić information content (AvgIpc) is 2.22. The molecule has 2 heteroatoms. The summed E-state index contributed by atoms with van der Waals surface area (Å²) in [6.07, 6.45) is 1.81. The molecule has 0 aromatic heterocycles. The van der Waals surface area contributed by atoms with Crippen LogP contribution in [-0.2, 0) is 4.74 Å². The van der Waals surface area contributed by atoms with Crippen LogP contribution in [0.15, 0.2) is 0 Å². The molecule has 0 amide bonds. The Morgan fingerprint density at radius 3 is 2.71 bits per heavy atom. The first-order chi connectivity index (χ1) is 3.45. The molecule has 0 aliphatic carbocycles. The van der Waals surface area contributed by atoms with E-state index in [1.807, 2.05) is 0 Å². The Morgan fingerprint density at radius 2 is 2.57 bits per heavy atom. The smallest absolute Gasteiger partial charge is 0.0716 e. The number of nitrogens with one attached hydrogen (secondary N) is 1. The normalized spacial score (nSPS) is 48.0. The third kappa shape index (κ3) is 0.469. The molecule has 0 saturated carbocycles. The van der Waals surface area contributed by atoms with Crippen molar-refractivity contribution in [2.75, 3.05) is 13.2 Å². The van der Waals surface area contributed by atoms with Crippen LogP contribution in [0.2, 0.25) is 0 Å². The molecule has 7 heavy (non-hydrogen) atoms. The second-order valence-electron chi connectivity index (χ2n) is 2.30. The topological polar surface area (TPSA) is 21.3 Å². The molecule has 1 N–H and O–H groups in total. The van der Waals surface area contributed by atoms with Gasteiger partial charge in [0.2, 0.25) is 0 Å². The van der Waals surface area contributed by atoms with Crippen LogP contribution in [0, 0.1) is 0 Å². The number of rotatable bonds is 0. The number of hydrogen-bond acceptors (Lipinski definition) is 2. The zero-order chi connectivity index (χ0) is 4.69. The van der Waals surface area contributed by atoms with E-state index in [-0.39, 0.29) is 0 Å². The van der Waals surface area contributed by atoms with Gasteiger partial charge in [0.15, 0.2) is 0 Å². The molecule has 0 aromatic carbocycles. The largest absolute Gasteiger partial charge is 0.375 e. The van der Waals surface area contributed by atoms with Crippen molar-refractivity contribution < 1.29 is 4.74 Å². The van der Waals surface area contributed by atoms with Gasteiger partial charge in [-0.3, -0.25) is 0 Å². The first-order valence-electron chi connectivity index (χ1n) is 2.80. The summed E-state index contributed by atoms with van der Waals surface area (Å²) in [4.78, 5) is 0. The van der Waals surface area contributed by atoms with Crippen molar-refractivity contribution in [3.8, 4) is 0 Å². The van der Waals surface area contributed by atoms with Crippen molar-refractivity contribution in [3.63, 3.8) is 0 Å². The molecule has 2 rings (SSSR count). The summed E-state index contributed by atoms with van der Waals surface area (Å²) in [6, 6.07) is 0.699. The fraction of sp³-hybridized carbons (Fsp3) is 1.00. The van der Waals surface area contributed by atoms with Crippen molar-refractivity contribution in [1.29, 1.82) is 0 Å². The molecule has 2 saturated heterocycles. The molecule has 2 aliphatic heterocycles.